The van der Waals surface area contributed by atoms with Gasteiger partial charge in [0.25, 0.3) is 0 Å². The summed E-state index contributed by atoms with van der Waals surface area (Å²) >= 11 is 1.51. The molecule has 0 saturated heterocycles. The Hall–Kier alpha value is -1.46. The first-order chi connectivity index (χ1) is 12.6. The van der Waals surface area contributed by atoms with E-state index in [9.17, 15) is 9.32 Å². The fourth-order valence-electron chi connectivity index (χ4n) is 3.58. The molecule has 1 heterocycles. The molecule has 0 aromatic heterocycles. The summed E-state index contributed by atoms with van der Waals surface area (Å²) in [5.74, 6) is 0.570. The van der Waals surface area contributed by atoms with E-state index in [1.54, 1.807) is 6.07 Å². The minimum absolute atomic E-state index is 0.0635. The van der Waals surface area contributed by atoms with E-state index in [2.05, 4.69) is 30.9 Å². The predicted octanol–water partition coefficient (Wildman–Crippen LogP) is 5.57. The van der Waals surface area contributed by atoms with Crippen molar-refractivity contribution < 1.29 is 9.32 Å². The van der Waals surface area contributed by atoms with Crippen LogP contribution in [0, 0.1) is 5.92 Å². The Morgan fingerprint density at radius 2 is 2.00 bits per heavy atom. The highest BCUT2D eigenvalue weighted by molar-refractivity contribution is 7.98. The zero-order valence-electron chi connectivity index (χ0n) is 15.6. The van der Waals surface area contributed by atoms with Gasteiger partial charge >= 0.3 is 0 Å². The van der Waals surface area contributed by atoms with Crippen molar-refractivity contribution in [3.8, 4) is 5.75 Å². The van der Waals surface area contributed by atoms with Crippen molar-refractivity contribution in [1.29, 1.82) is 0 Å². The van der Waals surface area contributed by atoms with Gasteiger partial charge in [-0.3, -0.25) is 4.21 Å². The Labute approximate surface area is 163 Å². The number of aromatic hydroxyl groups is 1. The first-order valence-corrected chi connectivity index (χ1v) is 11.6. The number of unbranched alkanes of at least 4 members (excludes halogenated alkanes) is 1. The first kappa shape index (κ1) is 19.3. The van der Waals surface area contributed by atoms with Gasteiger partial charge in [-0.2, -0.15) is 0 Å². The first-order valence-electron chi connectivity index (χ1n) is 9.21. The number of hydrogen-bond acceptors (Lipinski definition) is 4. The van der Waals surface area contributed by atoms with Crippen LogP contribution in [0.15, 0.2) is 52.3 Å². The number of phenolic OH excluding ortho intramolecular Hbond substituents is 1. The Kier molecular flexibility index (Phi) is 6.30. The van der Waals surface area contributed by atoms with Crippen LogP contribution in [0.5, 0.6) is 5.75 Å². The lowest BCUT2D eigenvalue weighted by molar-refractivity contribution is 0.460. The Balaban J connectivity index is 2.14. The van der Waals surface area contributed by atoms with E-state index in [1.165, 1.54) is 11.8 Å². The molecule has 1 aliphatic rings. The lowest BCUT2D eigenvalue weighted by atomic mass is 9.97. The second kappa shape index (κ2) is 8.49. The second-order valence-electron chi connectivity index (χ2n) is 6.84. The molecule has 3 atom stereocenters. The lowest BCUT2D eigenvalue weighted by Gasteiger charge is -2.29. The van der Waals surface area contributed by atoms with Crippen LogP contribution in [0.2, 0.25) is 0 Å². The van der Waals surface area contributed by atoms with Gasteiger partial charge in [0.1, 0.15) is 5.75 Å². The van der Waals surface area contributed by atoms with E-state index < -0.39 is 10.8 Å². The van der Waals surface area contributed by atoms with Gasteiger partial charge in [-0.1, -0.05) is 44.9 Å². The third kappa shape index (κ3) is 3.79. The summed E-state index contributed by atoms with van der Waals surface area (Å²) in [6.45, 7) is 5.14. The number of thioether (sulfide) groups is 1. The van der Waals surface area contributed by atoms with Crippen LogP contribution in [0.1, 0.15) is 33.1 Å². The van der Waals surface area contributed by atoms with E-state index in [1.807, 2.05) is 30.5 Å². The number of rotatable bonds is 5. The Bertz CT molecular complexity index is 779. The largest absolute Gasteiger partial charge is 0.507 e. The molecule has 2 aromatic carbocycles. The number of fused-ring (bicyclic) bond motifs is 1. The molecule has 2 aromatic rings. The zero-order valence-corrected chi connectivity index (χ0v) is 17.3. The van der Waals surface area contributed by atoms with Gasteiger partial charge < -0.3 is 10.0 Å². The third-order valence-electron chi connectivity index (χ3n) is 5.18. The summed E-state index contributed by atoms with van der Waals surface area (Å²) in [5, 5.41) is 10.4. The monoisotopic (exact) mass is 389 g/mol. The molecule has 0 saturated carbocycles. The van der Waals surface area contributed by atoms with Crippen molar-refractivity contribution in [2.75, 3.05) is 17.7 Å². The normalized spacial score (nSPS) is 22.7. The van der Waals surface area contributed by atoms with Gasteiger partial charge in [0, 0.05) is 17.5 Å². The molecule has 3 nitrogen and oxygen atoms in total. The summed E-state index contributed by atoms with van der Waals surface area (Å²) < 4.78 is 13.3. The molecule has 0 amide bonds. The molecular weight excluding hydrogens is 362 g/mol. The Morgan fingerprint density at radius 1 is 1.27 bits per heavy atom. The number of anilines is 2. The van der Waals surface area contributed by atoms with Gasteiger partial charge in [0.2, 0.25) is 0 Å². The van der Waals surface area contributed by atoms with Crippen LogP contribution >= 0.6 is 11.8 Å². The molecule has 0 radical (unpaired) electrons. The molecular formula is C21H27NO2S2. The van der Waals surface area contributed by atoms with Gasteiger partial charge in [-0.25, -0.2) is 0 Å². The number of hydrogen-bond donors (Lipinski definition) is 1. The maximum absolute atomic E-state index is 13.3. The highest BCUT2D eigenvalue weighted by atomic mass is 32.2. The van der Waals surface area contributed by atoms with Crippen LogP contribution in [0.3, 0.4) is 0 Å². The highest BCUT2D eigenvalue weighted by Gasteiger charge is 2.33. The summed E-state index contributed by atoms with van der Waals surface area (Å²) in [7, 11) is -1.14. The fraction of sp³-hybridized carbons (Fsp3) is 0.429. The molecule has 0 aliphatic carbocycles. The molecule has 0 fully saturated rings. The molecule has 3 unspecified atom stereocenters. The van der Waals surface area contributed by atoms with Crippen molar-refractivity contribution in [2.24, 2.45) is 5.92 Å². The highest BCUT2D eigenvalue weighted by Crippen LogP contribution is 2.43. The van der Waals surface area contributed by atoms with Crippen molar-refractivity contribution in [3.63, 3.8) is 0 Å². The molecule has 26 heavy (non-hydrogen) atoms. The topological polar surface area (TPSA) is 40.5 Å². The van der Waals surface area contributed by atoms with Crippen LogP contribution in [-0.4, -0.2) is 27.4 Å². The molecule has 0 spiro atoms. The quantitative estimate of drug-likeness (QED) is 0.679. The number of para-hydroxylation sites is 1. The second-order valence-corrected chi connectivity index (χ2v) is 9.47. The third-order valence-corrected chi connectivity index (χ3v) is 7.77. The number of phenols is 1. The molecule has 3 rings (SSSR count). The van der Waals surface area contributed by atoms with E-state index >= 15 is 0 Å². The SMILES string of the molecule is CCCCC1CN(c2ccccc2)c2cc(SC)c(O)cc2S(=O)C1C. The average molecular weight is 390 g/mol. The molecule has 1 N–H and O–H groups in total. The van der Waals surface area contributed by atoms with Crippen LogP contribution in [0.4, 0.5) is 11.4 Å². The van der Waals surface area contributed by atoms with Crippen LogP contribution < -0.4 is 4.90 Å². The average Bonchev–Trinajstić information content (AvgIpc) is 2.76. The number of benzene rings is 2. The van der Waals surface area contributed by atoms with Crippen LogP contribution in [-0.2, 0) is 10.8 Å². The van der Waals surface area contributed by atoms with E-state index in [-0.39, 0.29) is 11.0 Å². The predicted molar refractivity (Wildman–Crippen MR) is 112 cm³/mol. The van der Waals surface area contributed by atoms with Crippen molar-refractivity contribution in [1.82, 2.24) is 0 Å². The Morgan fingerprint density at radius 3 is 2.65 bits per heavy atom. The standard InChI is InChI=1S/C21H27NO2S2/c1-4-5-9-16-14-22(17-10-7-6-8-11-17)18-12-20(25-3)19(23)13-21(18)26(24)15(16)2/h6-8,10-13,15-16,23H,4-5,9,14H2,1-3H3. The number of nitrogens with zero attached hydrogens (tertiary/aromatic N) is 1. The van der Waals surface area contributed by atoms with Gasteiger partial charge in [0.15, 0.2) is 0 Å². The molecule has 5 heteroatoms. The van der Waals surface area contributed by atoms with Gasteiger partial charge in [0.05, 0.1) is 26.3 Å². The summed E-state index contributed by atoms with van der Waals surface area (Å²) in [5.41, 5.74) is 2.07. The summed E-state index contributed by atoms with van der Waals surface area (Å²) in [6.07, 6.45) is 5.31. The van der Waals surface area contributed by atoms with Gasteiger partial charge in [-0.15, -0.1) is 11.8 Å². The van der Waals surface area contributed by atoms with Crippen molar-refractivity contribution in [2.45, 2.75) is 48.2 Å². The minimum atomic E-state index is -1.14. The molecule has 140 valence electrons. The van der Waals surface area contributed by atoms with Crippen molar-refractivity contribution >= 4 is 33.9 Å². The fourth-order valence-corrected chi connectivity index (χ4v) is 5.65. The molecule has 1 aliphatic heterocycles. The van der Waals surface area contributed by atoms with E-state index in [0.29, 0.717) is 5.92 Å². The van der Waals surface area contributed by atoms with E-state index in [4.69, 9.17) is 0 Å². The molecule has 0 bridgehead atoms. The smallest absolute Gasteiger partial charge is 0.130 e. The summed E-state index contributed by atoms with van der Waals surface area (Å²) in [6, 6.07) is 14.0. The van der Waals surface area contributed by atoms with Crippen LogP contribution in [0.25, 0.3) is 0 Å². The maximum Gasteiger partial charge on any atom is 0.130 e. The van der Waals surface area contributed by atoms with E-state index in [0.717, 1.165) is 47.0 Å². The van der Waals surface area contributed by atoms with Crippen molar-refractivity contribution in [3.05, 3.63) is 42.5 Å². The maximum atomic E-state index is 13.3. The van der Waals surface area contributed by atoms with Gasteiger partial charge in [-0.05, 0) is 42.9 Å². The minimum Gasteiger partial charge on any atom is -0.507 e. The summed E-state index contributed by atoms with van der Waals surface area (Å²) in [4.78, 5) is 3.85. The lowest BCUT2D eigenvalue weighted by Crippen LogP contribution is -2.30. The zero-order chi connectivity index (χ0) is 18.7.